The molecule has 0 fully saturated rings. The van der Waals surface area contributed by atoms with Gasteiger partial charge in [0.2, 0.25) is 0 Å². The first-order valence-corrected chi connectivity index (χ1v) is 6.17. The Bertz CT molecular complexity index is 646. The molecule has 0 aliphatic carbocycles. The molecule has 0 bridgehead atoms. The third kappa shape index (κ3) is 3.39. The van der Waals surface area contributed by atoms with E-state index in [1.165, 1.54) is 19.2 Å². The summed E-state index contributed by atoms with van der Waals surface area (Å²) in [7, 11) is 2.99. The van der Waals surface area contributed by atoms with Crippen LogP contribution in [0.25, 0.3) is 0 Å². The molecule has 0 heterocycles. The summed E-state index contributed by atoms with van der Waals surface area (Å²) in [6.07, 6.45) is 0.692. The number of carbonyl (C=O) groups excluding carboxylic acids is 2. The van der Waals surface area contributed by atoms with Gasteiger partial charge in [0.15, 0.2) is 11.5 Å². The first kappa shape index (κ1) is 14.6. The number of ether oxygens (including phenoxy) is 3. The summed E-state index contributed by atoms with van der Waals surface area (Å²) in [5.74, 6) is 0.708. The van der Waals surface area contributed by atoms with E-state index in [1.807, 2.05) is 0 Å². The third-order valence-corrected chi connectivity index (χ3v) is 2.85. The molecule has 0 aromatic heterocycles. The summed E-state index contributed by atoms with van der Waals surface area (Å²) >= 11 is 0. The topological polar surface area (TPSA) is 61.8 Å². The molecule has 21 heavy (non-hydrogen) atoms. The molecule has 0 unspecified atom stereocenters. The van der Waals surface area contributed by atoms with Gasteiger partial charge >= 0.3 is 5.97 Å². The van der Waals surface area contributed by atoms with Gasteiger partial charge in [-0.15, -0.1) is 0 Å². The quantitative estimate of drug-likeness (QED) is 0.480. The monoisotopic (exact) mass is 286 g/mol. The van der Waals surface area contributed by atoms with Crippen LogP contribution in [0.3, 0.4) is 0 Å². The van der Waals surface area contributed by atoms with Crippen molar-refractivity contribution in [2.45, 2.75) is 0 Å². The van der Waals surface area contributed by atoms with Gasteiger partial charge in [-0.1, -0.05) is 0 Å². The van der Waals surface area contributed by atoms with Crippen LogP contribution in [0.1, 0.15) is 20.7 Å². The molecular weight excluding hydrogens is 272 g/mol. The number of rotatable bonds is 5. The zero-order valence-corrected chi connectivity index (χ0v) is 11.7. The molecule has 5 heteroatoms. The number of aldehydes is 1. The van der Waals surface area contributed by atoms with Crippen LogP contribution in [-0.2, 0) is 0 Å². The van der Waals surface area contributed by atoms with Crippen LogP contribution in [0.2, 0.25) is 0 Å². The predicted octanol–water partition coefficient (Wildman–Crippen LogP) is 2.74. The Hall–Kier alpha value is -2.82. The Labute approximate surface area is 122 Å². The van der Waals surface area contributed by atoms with Crippen molar-refractivity contribution in [3.05, 3.63) is 53.6 Å². The molecule has 0 radical (unpaired) electrons. The third-order valence-electron chi connectivity index (χ3n) is 2.85. The van der Waals surface area contributed by atoms with Crippen LogP contribution in [-0.4, -0.2) is 26.5 Å². The highest BCUT2D eigenvalue weighted by atomic mass is 16.6. The Kier molecular flexibility index (Phi) is 4.56. The first-order valence-electron chi connectivity index (χ1n) is 6.17. The lowest BCUT2D eigenvalue weighted by molar-refractivity contribution is 0.0729. The van der Waals surface area contributed by atoms with E-state index in [0.717, 1.165) is 0 Å². The van der Waals surface area contributed by atoms with Gasteiger partial charge in [-0.2, -0.15) is 0 Å². The molecule has 0 aliphatic rings. The molecule has 5 nitrogen and oxygen atoms in total. The van der Waals surface area contributed by atoms with E-state index in [9.17, 15) is 9.59 Å². The molecule has 0 spiro atoms. The van der Waals surface area contributed by atoms with Crippen LogP contribution in [0.4, 0.5) is 0 Å². The van der Waals surface area contributed by atoms with Gasteiger partial charge in [0, 0.05) is 5.56 Å². The summed E-state index contributed by atoms with van der Waals surface area (Å²) in [5.41, 5.74) is 0.827. The zero-order valence-electron chi connectivity index (χ0n) is 11.7. The van der Waals surface area contributed by atoms with Gasteiger partial charge in [-0.05, 0) is 42.5 Å². The van der Waals surface area contributed by atoms with E-state index in [2.05, 4.69) is 0 Å². The van der Waals surface area contributed by atoms with E-state index in [1.54, 1.807) is 37.4 Å². The van der Waals surface area contributed by atoms with Gasteiger partial charge in [0.25, 0.3) is 0 Å². The standard InChI is InChI=1S/C16H14O5/c1-19-13-6-4-12(5-7-13)16(18)21-14-8-3-11(10-17)9-15(14)20-2/h3-10H,1-2H3. The van der Waals surface area contributed by atoms with E-state index < -0.39 is 5.97 Å². The van der Waals surface area contributed by atoms with E-state index in [-0.39, 0.29) is 5.75 Å². The summed E-state index contributed by atoms with van der Waals surface area (Å²) < 4.78 is 15.4. The molecule has 0 saturated carbocycles. The number of benzene rings is 2. The lowest BCUT2D eigenvalue weighted by Gasteiger charge is -2.09. The second-order valence-corrected chi connectivity index (χ2v) is 4.15. The summed E-state index contributed by atoms with van der Waals surface area (Å²) in [5, 5.41) is 0. The molecule has 0 atom stereocenters. The van der Waals surface area contributed by atoms with Gasteiger partial charge in [-0.3, -0.25) is 4.79 Å². The number of hydrogen-bond donors (Lipinski definition) is 0. The molecule has 0 amide bonds. The van der Waals surface area contributed by atoms with E-state index >= 15 is 0 Å². The minimum Gasteiger partial charge on any atom is -0.497 e. The van der Waals surface area contributed by atoms with Crippen molar-refractivity contribution in [3.63, 3.8) is 0 Å². The Morgan fingerprint density at radius 1 is 0.952 bits per heavy atom. The Balaban J connectivity index is 2.20. The van der Waals surface area contributed by atoms with Crippen molar-refractivity contribution in [3.8, 4) is 17.2 Å². The van der Waals surface area contributed by atoms with Crippen molar-refractivity contribution in [1.82, 2.24) is 0 Å². The minimum atomic E-state index is -0.519. The average Bonchev–Trinajstić information content (AvgIpc) is 2.55. The van der Waals surface area contributed by atoms with Crippen LogP contribution in [0.5, 0.6) is 17.2 Å². The molecule has 2 aromatic rings. The lowest BCUT2D eigenvalue weighted by Crippen LogP contribution is -2.09. The van der Waals surface area contributed by atoms with Crippen LogP contribution in [0.15, 0.2) is 42.5 Å². The lowest BCUT2D eigenvalue weighted by atomic mass is 10.2. The highest BCUT2D eigenvalue weighted by molar-refractivity contribution is 5.91. The van der Waals surface area contributed by atoms with Gasteiger partial charge < -0.3 is 14.2 Å². The molecule has 0 aliphatic heterocycles. The van der Waals surface area contributed by atoms with Gasteiger partial charge in [0.1, 0.15) is 12.0 Å². The van der Waals surface area contributed by atoms with Crippen molar-refractivity contribution >= 4 is 12.3 Å². The SMILES string of the molecule is COc1ccc(C(=O)Oc2ccc(C=O)cc2OC)cc1. The molecule has 0 saturated heterocycles. The average molecular weight is 286 g/mol. The highest BCUT2D eigenvalue weighted by Gasteiger charge is 2.13. The van der Waals surface area contributed by atoms with E-state index in [0.29, 0.717) is 28.9 Å². The molecule has 2 aromatic carbocycles. The normalized spacial score (nSPS) is 9.81. The van der Waals surface area contributed by atoms with Crippen LogP contribution >= 0.6 is 0 Å². The maximum absolute atomic E-state index is 12.0. The first-order chi connectivity index (χ1) is 10.2. The molecule has 2 rings (SSSR count). The zero-order chi connectivity index (χ0) is 15.2. The fraction of sp³-hybridized carbons (Fsp3) is 0.125. The van der Waals surface area contributed by atoms with Crippen molar-refractivity contribution in [2.24, 2.45) is 0 Å². The van der Waals surface area contributed by atoms with Gasteiger partial charge in [0.05, 0.1) is 19.8 Å². The van der Waals surface area contributed by atoms with Crippen molar-refractivity contribution in [2.75, 3.05) is 14.2 Å². The van der Waals surface area contributed by atoms with Crippen molar-refractivity contribution in [1.29, 1.82) is 0 Å². The minimum absolute atomic E-state index is 0.254. The van der Waals surface area contributed by atoms with Crippen molar-refractivity contribution < 1.29 is 23.8 Å². The van der Waals surface area contributed by atoms with Crippen LogP contribution in [0, 0.1) is 0 Å². The summed E-state index contributed by atoms with van der Waals surface area (Å²) in [6.45, 7) is 0. The fourth-order valence-electron chi connectivity index (χ4n) is 1.73. The number of methoxy groups -OCH3 is 2. The smallest absolute Gasteiger partial charge is 0.343 e. The number of carbonyl (C=O) groups is 2. The molecule has 108 valence electrons. The number of esters is 1. The fourth-order valence-corrected chi connectivity index (χ4v) is 1.73. The number of hydrogen-bond acceptors (Lipinski definition) is 5. The maximum Gasteiger partial charge on any atom is 0.343 e. The van der Waals surface area contributed by atoms with Crippen LogP contribution < -0.4 is 14.2 Å². The predicted molar refractivity (Wildman–Crippen MR) is 76.3 cm³/mol. The largest absolute Gasteiger partial charge is 0.497 e. The Morgan fingerprint density at radius 3 is 2.24 bits per heavy atom. The summed E-state index contributed by atoms with van der Waals surface area (Å²) in [6, 6.07) is 11.1. The second-order valence-electron chi connectivity index (χ2n) is 4.15. The highest BCUT2D eigenvalue weighted by Crippen LogP contribution is 2.28. The second kappa shape index (κ2) is 6.56. The Morgan fingerprint density at radius 2 is 1.67 bits per heavy atom. The molecular formula is C16H14O5. The summed E-state index contributed by atoms with van der Waals surface area (Å²) in [4.78, 5) is 22.8. The maximum atomic E-state index is 12.0. The van der Waals surface area contributed by atoms with E-state index in [4.69, 9.17) is 14.2 Å². The van der Waals surface area contributed by atoms with Gasteiger partial charge in [-0.25, -0.2) is 4.79 Å². The molecule has 0 N–H and O–H groups in total.